The van der Waals surface area contributed by atoms with Crippen LogP contribution in [0.15, 0.2) is 0 Å². The molecular weight excluding hydrogens is 296 g/mol. The molecule has 0 aliphatic carbocycles. The van der Waals surface area contributed by atoms with Gasteiger partial charge in [-0.05, 0) is 27.8 Å². The van der Waals surface area contributed by atoms with Crippen molar-refractivity contribution >= 4 is 17.7 Å². The summed E-state index contributed by atoms with van der Waals surface area (Å²) in [5.74, 6) is 0.105. The van der Waals surface area contributed by atoms with Crippen LogP contribution in [0.4, 0.5) is 0 Å². The summed E-state index contributed by atoms with van der Waals surface area (Å²) in [4.78, 5) is 43.1. The number of hydrogen-bond donors (Lipinski definition) is 0. The van der Waals surface area contributed by atoms with Crippen molar-refractivity contribution in [2.24, 2.45) is 0 Å². The molecule has 23 heavy (non-hydrogen) atoms. The average molecular weight is 326 g/mol. The number of carbonyl (C=O) groups excluding carboxylic acids is 3. The van der Waals surface area contributed by atoms with Crippen molar-refractivity contribution in [2.75, 3.05) is 52.9 Å². The molecule has 0 aromatic carbocycles. The van der Waals surface area contributed by atoms with Crippen molar-refractivity contribution in [1.82, 2.24) is 19.6 Å². The van der Waals surface area contributed by atoms with Gasteiger partial charge in [-0.15, -0.1) is 0 Å². The molecule has 1 atom stereocenters. The Kier molecular flexibility index (Phi) is 7.48. The molecule has 1 heterocycles. The van der Waals surface area contributed by atoms with Gasteiger partial charge >= 0.3 is 0 Å². The van der Waals surface area contributed by atoms with Crippen LogP contribution in [0.2, 0.25) is 0 Å². The zero-order chi connectivity index (χ0) is 17.6. The molecule has 0 aromatic rings. The van der Waals surface area contributed by atoms with Crippen LogP contribution in [-0.2, 0) is 14.4 Å². The number of likely N-dealkylation sites (N-methyl/N-ethyl adjacent to an activating group) is 2. The lowest BCUT2D eigenvalue weighted by molar-refractivity contribution is -0.143. The van der Waals surface area contributed by atoms with Gasteiger partial charge in [-0.2, -0.15) is 0 Å². The lowest BCUT2D eigenvalue weighted by Gasteiger charge is -2.37. The van der Waals surface area contributed by atoms with Crippen LogP contribution in [0.5, 0.6) is 0 Å². The maximum absolute atomic E-state index is 12.6. The van der Waals surface area contributed by atoms with E-state index in [1.807, 2.05) is 20.8 Å². The Balaban J connectivity index is 2.53. The molecule has 1 saturated heterocycles. The highest BCUT2D eigenvalue weighted by Crippen LogP contribution is 2.08. The molecule has 0 N–H and O–H groups in total. The standard InChI is InChI=1S/C16H30N4O3/c1-6-18(7-2)15(22)12-17(5)13(3)16(23)20-10-8-19(9-11-20)14(4)21/h13H,6-12H2,1-5H3. The second-order valence-corrected chi connectivity index (χ2v) is 5.99. The van der Waals surface area contributed by atoms with Crippen molar-refractivity contribution in [3.05, 3.63) is 0 Å². The van der Waals surface area contributed by atoms with Crippen LogP contribution < -0.4 is 0 Å². The summed E-state index contributed by atoms with van der Waals surface area (Å²) in [6.45, 7) is 11.1. The molecule has 3 amide bonds. The monoisotopic (exact) mass is 326 g/mol. The molecule has 1 fully saturated rings. The van der Waals surface area contributed by atoms with Gasteiger partial charge in [0.25, 0.3) is 0 Å². The quantitative estimate of drug-likeness (QED) is 0.682. The van der Waals surface area contributed by atoms with Gasteiger partial charge in [0.1, 0.15) is 0 Å². The zero-order valence-electron chi connectivity index (χ0n) is 15.0. The summed E-state index contributed by atoms with van der Waals surface area (Å²) < 4.78 is 0. The van der Waals surface area contributed by atoms with Gasteiger partial charge in [0.2, 0.25) is 17.7 Å². The Morgan fingerprint density at radius 1 is 1.00 bits per heavy atom. The maximum Gasteiger partial charge on any atom is 0.239 e. The minimum absolute atomic E-state index is 0.0167. The smallest absolute Gasteiger partial charge is 0.239 e. The fourth-order valence-electron chi connectivity index (χ4n) is 2.72. The van der Waals surface area contributed by atoms with E-state index in [1.54, 1.807) is 33.6 Å². The predicted octanol–water partition coefficient (Wildman–Crippen LogP) is -0.134. The Bertz CT molecular complexity index is 429. The van der Waals surface area contributed by atoms with E-state index in [0.29, 0.717) is 39.3 Å². The van der Waals surface area contributed by atoms with Crippen molar-refractivity contribution in [1.29, 1.82) is 0 Å². The van der Waals surface area contributed by atoms with Crippen LogP contribution in [0.1, 0.15) is 27.7 Å². The van der Waals surface area contributed by atoms with Crippen LogP contribution >= 0.6 is 0 Å². The second kappa shape index (κ2) is 8.86. The van der Waals surface area contributed by atoms with Gasteiger partial charge in [0.15, 0.2) is 0 Å². The number of amides is 3. The highest BCUT2D eigenvalue weighted by Gasteiger charge is 2.28. The van der Waals surface area contributed by atoms with Crippen LogP contribution in [-0.4, -0.2) is 96.2 Å². The molecule has 0 radical (unpaired) electrons. The van der Waals surface area contributed by atoms with Gasteiger partial charge < -0.3 is 14.7 Å². The maximum atomic E-state index is 12.6. The van der Waals surface area contributed by atoms with Gasteiger partial charge in [-0.3, -0.25) is 19.3 Å². The van der Waals surface area contributed by atoms with E-state index in [4.69, 9.17) is 0 Å². The molecular formula is C16H30N4O3. The summed E-state index contributed by atoms with van der Waals surface area (Å²) in [5, 5.41) is 0. The molecule has 0 bridgehead atoms. The fraction of sp³-hybridized carbons (Fsp3) is 0.812. The Hall–Kier alpha value is -1.63. The lowest BCUT2D eigenvalue weighted by atomic mass is 10.2. The lowest BCUT2D eigenvalue weighted by Crippen LogP contribution is -2.55. The largest absolute Gasteiger partial charge is 0.342 e. The first-order valence-corrected chi connectivity index (χ1v) is 8.34. The fourth-order valence-corrected chi connectivity index (χ4v) is 2.72. The van der Waals surface area contributed by atoms with Crippen LogP contribution in [0.25, 0.3) is 0 Å². The van der Waals surface area contributed by atoms with Crippen molar-refractivity contribution in [2.45, 2.75) is 33.7 Å². The van der Waals surface area contributed by atoms with E-state index in [-0.39, 0.29) is 30.3 Å². The van der Waals surface area contributed by atoms with Crippen LogP contribution in [0.3, 0.4) is 0 Å². The third-order valence-corrected chi connectivity index (χ3v) is 4.56. The summed E-state index contributed by atoms with van der Waals surface area (Å²) in [5.41, 5.74) is 0. The molecule has 1 aliphatic heterocycles. The van der Waals surface area contributed by atoms with E-state index in [0.717, 1.165) is 0 Å². The van der Waals surface area contributed by atoms with Crippen molar-refractivity contribution in [3.8, 4) is 0 Å². The number of nitrogens with zero attached hydrogens (tertiary/aromatic N) is 4. The first-order valence-electron chi connectivity index (χ1n) is 8.34. The normalized spacial score (nSPS) is 16.4. The first-order chi connectivity index (χ1) is 10.8. The Labute approximate surface area is 139 Å². The molecule has 0 saturated carbocycles. The second-order valence-electron chi connectivity index (χ2n) is 5.99. The van der Waals surface area contributed by atoms with Gasteiger partial charge in [0, 0.05) is 46.2 Å². The first kappa shape index (κ1) is 19.4. The van der Waals surface area contributed by atoms with E-state index in [9.17, 15) is 14.4 Å². The molecule has 0 aromatic heterocycles. The molecule has 7 nitrogen and oxygen atoms in total. The van der Waals surface area contributed by atoms with Gasteiger partial charge in [-0.1, -0.05) is 0 Å². The number of carbonyl (C=O) groups is 3. The van der Waals surface area contributed by atoms with E-state index < -0.39 is 0 Å². The number of hydrogen-bond acceptors (Lipinski definition) is 4. The summed E-state index contributed by atoms with van der Waals surface area (Å²) >= 11 is 0. The Morgan fingerprint density at radius 2 is 1.48 bits per heavy atom. The molecule has 1 rings (SSSR count). The van der Waals surface area contributed by atoms with Crippen LogP contribution in [0, 0.1) is 0 Å². The molecule has 1 aliphatic rings. The third-order valence-electron chi connectivity index (χ3n) is 4.56. The predicted molar refractivity (Wildman–Crippen MR) is 88.9 cm³/mol. The van der Waals surface area contributed by atoms with Crippen molar-refractivity contribution < 1.29 is 14.4 Å². The van der Waals surface area contributed by atoms with E-state index >= 15 is 0 Å². The topological polar surface area (TPSA) is 64.2 Å². The SMILES string of the molecule is CCN(CC)C(=O)CN(C)C(C)C(=O)N1CCN(C(C)=O)CC1. The summed E-state index contributed by atoms with van der Waals surface area (Å²) in [6.07, 6.45) is 0. The highest BCUT2D eigenvalue weighted by molar-refractivity contribution is 5.83. The number of rotatable bonds is 6. The molecule has 132 valence electrons. The molecule has 1 unspecified atom stereocenters. The third kappa shape index (κ3) is 5.20. The van der Waals surface area contributed by atoms with Gasteiger partial charge in [0.05, 0.1) is 12.6 Å². The number of piperazine rings is 1. The summed E-state index contributed by atoms with van der Waals surface area (Å²) in [6, 6.07) is -0.349. The molecule has 7 heteroatoms. The molecule has 0 spiro atoms. The van der Waals surface area contributed by atoms with Gasteiger partial charge in [-0.25, -0.2) is 0 Å². The van der Waals surface area contributed by atoms with E-state index in [2.05, 4.69) is 0 Å². The minimum Gasteiger partial charge on any atom is -0.342 e. The average Bonchev–Trinajstić information content (AvgIpc) is 2.54. The Morgan fingerprint density at radius 3 is 1.91 bits per heavy atom. The minimum atomic E-state index is -0.349. The highest BCUT2D eigenvalue weighted by atomic mass is 16.2. The summed E-state index contributed by atoms with van der Waals surface area (Å²) in [7, 11) is 1.80. The van der Waals surface area contributed by atoms with Crippen molar-refractivity contribution in [3.63, 3.8) is 0 Å². The van der Waals surface area contributed by atoms with E-state index in [1.165, 1.54) is 0 Å². The zero-order valence-corrected chi connectivity index (χ0v) is 15.0.